The van der Waals surface area contributed by atoms with Gasteiger partial charge in [0, 0.05) is 16.8 Å². The van der Waals surface area contributed by atoms with Gasteiger partial charge in [0.25, 0.3) is 5.91 Å². The van der Waals surface area contributed by atoms with E-state index in [9.17, 15) is 9.59 Å². The quantitative estimate of drug-likeness (QED) is 0.506. The van der Waals surface area contributed by atoms with Gasteiger partial charge in [-0.25, -0.2) is 4.68 Å². The molecule has 1 N–H and O–H groups in total. The van der Waals surface area contributed by atoms with Crippen LogP contribution in [-0.4, -0.2) is 37.7 Å². The highest BCUT2D eigenvalue weighted by atomic mass is 32.2. The van der Waals surface area contributed by atoms with E-state index in [-0.39, 0.29) is 23.0 Å². The molecular formula is C20H21N5O2S. The van der Waals surface area contributed by atoms with E-state index in [1.165, 1.54) is 11.8 Å². The minimum atomic E-state index is -0.256. The number of ketones is 1. The molecular weight excluding hydrogens is 374 g/mol. The van der Waals surface area contributed by atoms with Crippen LogP contribution in [0.2, 0.25) is 0 Å². The number of carbonyl (C=O) groups excluding carboxylic acids is 2. The lowest BCUT2D eigenvalue weighted by Crippen LogP contribution is -2.24. The van der Waals surface area contributed by atoms with E-state index in [0.29, 0.717) is 22.0 Å². The SMILES string of the molecule is CC(C)(C)n1nnnc1SCC(=O)c1ccc(NC(=O)c2ccccc2)cc1. The van der Waals surface area contributed by atoms with Crippen LogP contribution in [0.15, 0.2) is 59.8 Å². The van der Waals surface area contributed by atoms with Gasteiger partial charge in [-0.05, 0) is 67.6 Å². The standard InChI is InChI=1S/C20H21N5O2S/c1-20(2,3)25-19(22-23-24-25)28-13-17(26)14-9-11-16(12-10-14)21-18(27)15-7-5-4-6-8-15/h4-12H,13H2,1-3H3,(H,21,27). The molecule has 0 atom stereocenters. The summed E-state index contributed by atoms with van der Waals surface area (Å²) in [6.45, 7) is 5.99. The molecule has 0 saturated heterocycles. The number of amides is 1. The van der Waals surface area contributed by atoms with E-state index in [2.05, 4.69) is 20.8 Å². The molecule has 3 aromatic rings. The third-order valence-corrected chi connectivity index (χ3v) is 4.83. The molecule has 144 valence electrons. The number of nitrogens with zero attached hydrogens (tertiary/aromatic N) is 4. The number of anilines is 1. The number of tetrazole rings is 1. The summed E-state index contributed by atoms with van der Waals surface area (Å²) in [5, 5.41) is 15.1. The largest absolute Gasteiger partial charge is 0.322 e. The number of aromatic nitrogens is 4. The van der Waals surface area contributed by atoms with Gasteiger partial charge >= 0.3 is 0 Å². The molecule has 0 saturated carbocycles. The fourth-order valence-electron chi connectivity index (χ4n) is 2.44. The molecule has 0 spiro atoms. The fraction of sp³-hybridized carbons (Fsp3) is 0.250. The van der Waals surface area contributed by atoms with Crippen molar-refractivity contribution in [2.75, 3.05) is 11.1 Å². The van der Waals surface area contributed by atoms with Gasteiger partial charge in [0.15, 0.2) is 5.78 Å². The van der Waals surface area contributed by atoms with Crippen molar-refractivity contribution in [2.24, 2.45) is 0 Å². The number of hydrogen-bond donors (Lipinski definition) is 1. The lowest BCUT2D eigenvalue weighted by atomic mass is 10.1. The highest BCUT2D eigenvalue weighted by Crippen LogP contribution is 2.22. The second-order valence-corrected chi connectivity index (χ2v) is 8.10. The lowest BCUT2D eigenvalue weighted by Gasteiger charge is -2.19. The van der Waals surface area contributed by atoms with Gasteiger partial charge in [-0.3, -0.25) is 9.59 Å². The zero-order chi connectivity index (χ0) is 20.1. The Morgan fingerprint density at radius 1 is 1.00 bits per heavy atom. The van der Waals surface area contributed by atoms with Crippen molar-refractivity contribution < 1.29 is 9.59 Å². The first kappa shape index (κ1) is 19.8. The Hall–Kier alpha value is -3.00. The van der Waals surface area contributed by atoms with Crippen LogP contribution in [0.3, 0.4) is 0 Å². The Morgan fingerprint density at radius 3 is 2.32 bits per heavy atom. The average Bonchev–Trinajstić information content (AvgIpc) is 3.16. The third-order valence-electron chi connectivity index (χ3n) is 3.91. The maximum atomic E-state index is 12.5. The summed E-state index contributed by atoms with van der Waals surface area (Å²) in [5.74, 6) is 0.00487. The van der Waals surface area contributed by atoms with E-state index in [0.717, 1.165) is 0 Å². The molecule has 0 aliphatic heterocycles. The van der Waals surface area contributed by atoms with Crippen LogP contribution in [0.1, 0.15) is 41.5 Å². The summed E-state index contributed by atoms with van der Waals surface area (Å²) in [5.41, 5.74) is 1.53. The highest BCUT2D eigenvalue weighted by molar-refractivity contribution is 7.99. The predicted molar refractivity (Wildman–Crippen MR) is 109 cm³/mol. The Balaban J connectivity index is 1.60. The topological polar surface area (TPSA) is 89.8 Å². The van der Waals surface area contributed by atoms with Gasteiger partial charge < -0.3 is 5.32 Å². The summed E-state index contributed by atoms with van der Waals surface area (Å²) in [6, 6.07) is 15.8. The molecule has 8 heteroatoms. The normalized spacial score (nSPS) is 11.2. The average molecular weight is 395 g/mol. The first-order valence-electron chi connectivity index (χ1n) is 8.76. The van der Waals surface area contributed by atoms with Crippen LogP contribution in [-0.2, 0) is 5.54 Å². The molecule has 1 aromatic heterocycles. The molecule has 0 fully saturated rings. The van der Waals surface area contributed by atoms with Crippen molar-refractivity contribution in [3.05, 3.63) is 65.7 Å². The van der Waals surface area contributed by atoms with Crippen molar-refractivity contribution >= 4 is 29.1 Å². The molecule has 0 radical (unpaired) electrons. The number of Topliss-reactive ketones (excluding diaryl/α,β-unsaturated/α-hetero) is 1. The van der Waals surface area contributed by atoms with E-state index in [1.807, 2.05) is 39.0 Å². The van der Waals surface area contributed by atoms with Crippen molar-refractivity contribution in [1.29, 1.82) is 0 Å². The van der Waals surface area contributed by atoms with Gasteiger partial charge in [-0.1, -0.05) is 30.0 Å². The number of rotatable bonds is 6. The number of thioether (sulfide) groups is 1. The maximum Gasteiger partial charge on any atom is 0.255 e. The van der Waals surface area contributed by atoms with Crippen LogP contribution >= 0.6 is 11.8 Å². The van der Waals surface area contributed by atoms with Crippen LogP contribution in [0.25, 0.3) is 0 Å². The van der Waals surface area contributed by atoms with Gasteiger partial charge in [-0.15, -0.1) is 5.10 Å². The molecule has 0 aliphatic rings. The molecule has 7 nitrogen and oxygen atoms in total. The number of carbonyl (C=O) groups is 2. The number of nitrogens with one attached hydrogen (secondary N) is 1. The lowest BCUT2D eigenvalue weighted by molar-refractivity contribution is 0.101. The van der Waals surface area contributed by atoms with Gasteiger partial charge in [0.05, 0.1) is 11.3 Å². The summed E-state index contributed by atoms with van der Waals surface area (Å²) in [6.07, 6.45) is 0. The highest BCUT2D eigenvalue weighted by Gasteiger charge is 2.20. The Labute approximate surface area is 167 Å². The summed E-state index contributed by atoms with van der Waals surface area (Å²) in [7, 11) is 0. The number of hydrogen-bond acceptors (Lipinski definition) is 6. The summed E-state index contributed by atoms with van der Waals surface area (Å²) < 4.78 is 1.70. The smallest absolute Gasteiger partial charge is 0.255 e. The zero-order valence-electron chi connectivity index (χ0n) is 15.9. The van der Waals surface area contributed by atoms with E-state index in [4.69, 9.17) is 0 Å². The first-order chi connectivity index (χ1) is 13.3. The van der Waals surface area contributed by atoms with E-state index >= 15 is 0 Å². The minimum absolute atomic E-state index is 0.0330. The molecule has 0 bridgehead atoms. The summed E-state index contributed by atoms with van der Waals surface area (Å²) >= 11 is 1.30. The van der Waals surface area contributed by atoms with Crippen LogP contribution in [0.5, 0.6) is 0 Å². The molecule has 0 unspecified atom stereocenters. The number of benzene rings is 2. The van der Waals surface area contributed by atoms with Crippen LogP contribution in [0, 0.1) is 0 Å². The van der Waals surface area contributed by atoms with Gasteiger partial charge in [0.2, 0.25) is 5.16 Å². The molecule has 0 aliphatic carbocycles. The van der Waals surface area contributed by atoms with Gasteiger partial charge in [0.1, 0.15) is 0 Å². The third kappa shape index (κ3) is 4.83. The van der Waals surface area contributed by atoms with E-state index in [1.54, 1.807) is 41.1 Å². The van der Waals surface area contributed by atoms with Crippen molar-refractivity contribution in [3.8, 4) is 0 Å². The van der Waals surface area contributed by atoms with Crippen molar-refractivity contribution in [2.45, 2.75) is 31.5 Å². The van der Waals surface area contributed by atoms with Crippen LogP contribution < -0.4 is 5.32 Å². The second kappa shape index (κ2) is 8.35. The summed E-state index contributed by atoms with van der Waals surface area (Å²) in [4.78, 5) is 24.6. The molecule has 2 aromatic carbocycles. The first-order valence-corrected chi connectivity index (χ1v) is 9.74. The van der Waals surface area contributed by atoms with Gasteiger partial charge in [-0.2, -0.15) is 0 Å². The predicted octanol–water partition coefficient (Wildman–Crippen LogP) is 3.66. The Kier molecular flexibility index (Phi) is 5.89. The fourth-order valence-corrected chi connectivity index (χ4v) is 3.39. The Bertz CT molecular complexity index is 962. The minimum Gasteiger partial charge on any atom is -0.322 e. The van der Waals surface area contributed by atoms with E-state index < -0.39 is 0 Å². The molecule has 3 rings (SSSR count). The maximum absolute atomic E-state index is 12.5. The monoisotopic (exact) mass is 395 g/mol. The second-order valence-electron chi connectivity index (χ2n) is 7.15. The molecule has 1 amide bonds. The zero-order valence-corrected chi connectivity index (χ0v) is 16.7. The molecule has 28 heavy (non-hydrogen) atoms. The van der Waals surface area contributed by atoms with Crippen LogP contribution in [0.4, 0.5) is 5.69 Å². The Morgan fingerprint density at radius 2 is 1.68 bits per heavy atom. The molecule has 1 heterocycles. The van der Waals surface area contributed by atoms with Crippen molar-refractivity contribution in [3.63, 3.8) is 0 Å². The van der Waals surface area contributed by atoms with Crippen molar-refractivity contribution in [1.82, 2.24) is 20.2 Å².